The summed E-state index contributed by atoms with van der Waals surface area (Å²) in [6, 6.07) is 15.6. The number of rotatable bonds is 7. The second-order valence-electron chi connectivity index (χ2n) is 7.54. The molecule has 5 heteroatoms. The summed E-state index contributed by atoms with van der Waals surface area (Å²) in [7, 11) is 3.22. The number of allylic oxidation sites excluding steroid dienone is 1. The highest BCUT2D eigenvalue weighted by atomic mass is 16.5. The first-order valence-electron chi connectivity index (χ1n) is 9.64. The monoisotopic (exact) mass is 388 g/mol. The quantitative estimate of drug-likeness (QED) is 0.538. The van der Waals surface area contributed by atoms with Crippen LogP contribution in [0, 0.1) is 5.41 Å². The van der Waals surface area contributed by atoms with Crippen molar-refractivity contribution in [2.24, 2.45) is 5.41 Å². The molecule has 148 valence electrons. The minimum absolute atomic E-state index is 0.170. The average molecular weight is 388 g/mol. The highest BCUT2D eigenvalue weighted by Crippen LogP contribution is 2.46. The maximum absolute atomic E-state index is 12.5. The first kappa shape index (κ1) is 19.0. The van der Waals surface area contributed by atoms with Gasteiger partial charge in [0, 0.05) is 22.7 Å². The molecule has 0 saturated heterocycles. The van der Waals surface area contributed by atoms with Gasteiger partial charge in [0.15, 0.2) is 17.3 Å². The fourth-order valence-corrected chi connectivity index (χ4v) is 3.23. The second kappa shape index (κ2) is 7.59. The van der Waals surface area contributed by atoms with Gasteiger partial charge >= 0.3 is 0 Å². The van der Waals surface area contributed by atoms with E-state index in [-0.39, 0.29) is 11.2 Å². The average Bonchev–Trinajstić information content (AvgIpc) is 3.37. The molecule has 0 radical (unpaired) electrons. The number of para-hydroxylation sites is 1. The van der Waals surface area contributed by atoms with Crippen LogP contribution in [0.5, 0.6) is 11.5 Å². The summed E-state index contributed by atoms with van der Waals surface area (Å²) in [4.78, 5) is 12.5. The van der Waals surface area contributed by atoms with E-state index in [1.165, 1.54) is 0 Å². The van der Waals surface area contributed by atoms with Gasteiger partial charge in [-0.15, -0.1) is 0 Å². The van der Waals surface area contributed by atoms with E-state index in [0.717, 1.165) is 35.3 Å². The van der Waals surface area contributed by atoms with E-state index in [2.05, 4.69) is 0 Å². The van der Waals surface area contributed by atoms with Gasteiger partial charge in [-0.25, -0.2) is 4.68 Å². The summed E-state index contributed by atoms with van der Waals surface area (Å²) in [5.41, 5.74) is 3.31. The fourth-order valence-electron chi connectivity index (χ4n) is 3.23. The third-order valence-corrected chi connectivity index (χ3v) is 5.43. The van der Waals surface area contributed by atoms with E-state index in [4.69, 9.17) is 14.6 Å². The van der Waals surface area contributed by atoms with E-state index >= 15 is 0 Å². The molecule has 1 aliphatic carbocycles. The van der Waals surface area contributed by atoms with Gasteiger partial charge in [0.05, 0.1) is 19.9 Å². The zero-order valence-electron chi connectivity index (χ0n) is 16.9. The van der Waals surface area contributed by atoms with Crippen LogP contribution in [-0.2, 0) is 4.79 Å². The Morgan fingerprint density at radius 3 is 2.45 bits per heavy atom. The van der Waals surface area contributed by atoms with Crippen molar-refractivity contribution in [2.45, 2.75) is 19.8 Å². The molecule has 0 atom stereocenters. The third kappa shape index (κ3) is 3.81. The van der Waals surface area contributed by atoms with Crippen LogP contribution in [0.1, 0.15) is 25.3 Å². The first-order chi connectivity index (χ1) is 14.0. The van der Waals surface area contributed by atoms with Gasteiger partial charge in [0.1, 0.15) is 5.69 Å². The number of nitrogens with zero attached hydrogens (tertiary/aromatic N) is 2. The van der Waals surface area contributed by atoms with Gasteiger partial charge in [-0.05, 0) is 55.3 Å². The number of carbonyl (C=O) groups excluding carboxylic acids is 1. The maximum Gasteiger partial charge on any atom is 0.161 e. The van der Waals surface area contributed by atoms with Crippen LogP contribution in [0.15, 0.2) is 60.8 Å². The van der Waals surface area contributed by atoms with Crippen LogP contribution < -0.4 is 9.47 Å². The summed E-state index contributed by atoms with van der Waals surface area (Å²) >= 11 is 0. The molecule has 2 aromatic carbocycles. The largest absolute Gasteiger partial charge is 0.493 e. The van der Waals surface area contributed by atoms with Crippen molar-refractivity contribution >= 4 is 11.9 Å². The predicted octanol–water partition coefficient (Wildman–Crippen LogP) is 4.94. The first-order valence-corrected chi connectivity index (χ1v) is 9.64. The molecule has 3 aromatic rings. The molecule has 0 amide bonds. The number of methoxy groups -OCH3 is 2. The minimum Gasteiger partial charge on any atom is -0.493 e. The van der Waals surface area contributed by atoms with E-state index in [1.807, 2.05) is 72.4 Å². The molecule has 29 heavy (non-hydrogen) atoms. The summed E-state index contributed by atoms with van der Waals surface area (Å²) in [6.45, 7) is 2.02. The third-order valence-electron chi connectivity index (χ3n) is 5.43. The van der Waals surface area contributed by atoms with Gasteiger partial charge in [0.2, 0.25) is 0 Å². The Morgan fingerprint density at radius 1 is 1.07 bits per heavy atom. The van der Waals surface area contributed by atoms with Crippen LogP contribution in [0.2, 0.25) is 0 Å². The second-order valence-corrected chi connectivity index (χ2v) is 7.54. The van der Waals surface area contributed by atoms with Crippen LogP contribution in [0.4, 0.5) is 0 Å². The van der Waals surface area contributed by atoms with Gasteiger partial charge < -0.3 is 9.47 Å². The molecule has 0 spiro atoms. The molecule has 1 aliphatic rings. The van der Waals surface area contributed by atoms with Crippen molar-refractivity contribution in [3.8, 4) is 28.4 Å². The van der Waals surface area contributed by atoms with E-state index in [0.29, 0.717) is 11.5 Å². The summed E-state index contributed by atoms with van der Waals surface area (Å²) in [5, 5.41) is 4.80. The molecule has 1 aromatic heterocycles. The number of hydrogen-bond donors (Lipinski definition) is 0. The lowest BCUT2D eigenvalue weighted by atomic mass is 10.0. The zero-order valence-corrected chi connectivity index (χ0v) is 16.9. The maximum atomic E-state index is 12.5. The van der Waals surface area contributed by atoms with Crippen molar-refractivity contribution in [1.29, 1.82) is 0 Å². The molecule has 0 aliphatic heterocycles. The SMILES string of the molecule is COc1ccc(-c2nn(-c3ccccc3)cc2/C=C/C(=O)C2(C)CC2)cc1OC. The van der Waals surface area contributed by atoms with Gasteiger partial charge in [0.25, 0.3) is 0 Å². The molecule has 0 N–H and O–H groups in total. The lowest BCUT2D eigenvalue weighted by Crippen LogP contribution is -2.07. The molecule has 0 bridgehead atoms. The van der Waals surface area contributed by atoms with E-state index in [1.54, 1.807) is 20.3 Å². The summed E-state index contributed by atoms with van der Waals surface area (Å²) < 4.78 is 12.6. The topological polar surface area (TPSA) is 53.4 Å². The van der Waals surface area contributed by atoms with Gasteiger partial charge in [-0.1, -0.05) is 25.1 Å². The van der Waals surface area contributed by atoms with Gasteiger partial charge in [-0.3, -0.25) is 4.79 Å². The zero-order chi connectivity index (χ0) is 20.4. The lowest BCUT2D eigenvalue weighted by Gasteiger charge is -2.09. The molecular weight excluding hydrogens is 364 g/mol. The number of ether oxygens (including phenoxy) is 2. The molecular formula is C24H24N2O3. The Kier molecular flexibility index (Phi) is 4.97. The number of benzene rings is 2. The molecule has 1 heterocycles. The molecule has 4 rings (SSSR count). The lowest BCUT2D eigenvalue weighted by molar-refractivity contribution is -0.118. The van der Waals surface area contributed by atoms with Gasteiger partial charge in [-0.2, -0.15) is 5.10 Å². The smallest absolute Gasteiger partial charge is 0.161 e. The number of ketones is 1. The summed E-state index contributed by atoms with van der Waals surface area (Å²) in [6.07, 6.45) is 7.42. The van der Waals surface area contributed by atoms with Crippen molar-refractivity contribution < 1.29 is 14.3 Å². The summed E-state index contributed by atoms with van der Waals surface area (Å²) in [5.74, 6) is 1.46. The predicted molar refractivity (Wildman–Crippen MR) is 113 cm³/mol. The highest BCUT2D eigenvalue weighted by Gasteiger charge is 2.43. The van der Waals surface area contributed by atoms with Crippen molar-refractivity contribution in [1.82, 2.24) is 9.78 Å². The van der Waals surface area contributed by atoms with Crippen molar-refractivity contribution in [3.05, 3.63) is 66.4 Å². The van der Waals surface area contributed by atoms with E-state index in [9.17, 15) is 4.79 Å². The standard InChI is InChI=1S/C24H24N2O3/c1-24(13-14-24)22(27)12-10-18-16-26(19-7-5-4-6-8-19)25-23(18)17-9-11-20(28-2)21(15-17)29-3/h4-12,15-16H,13-14H2,1-3H3/b12-10+. The van der Waals surface area contributed by atoms with Crippen LogP contribution in [0.25, 0.3) is 23.0 Å². The number of carbonyl (C=O) groups is 1. The Labute approximate surface area is 170 Å². The normalized spacial score (nSPS) is 14.7. The minimum atomic E-state index is -0.185. The molecule has 1 fully saturated rings. The number of aromatic nitrogens is 2. The number of hydrogen-bond acceptors (Lipinski definition) is 4. The molecule has 0 unspecified atom stereocenters. The Bertz CT molecular complexity index is 1060. The Hall–Kier alpha value is -3.34. The Morgan fingerprint density at radius 2 is 1.79 bits per heavy atom. The van der Waals surface area contributed by atoms with Crippen LogP contribution in [-0.4, -0.2) is 29.8 Å². The highest BCUT2D eigenvalue weighted by molar-refractivity contribution is 6.00. The van der Waals surface area contributed by atoms with Crippen LogP contribution in [0.3, 0.4) is 0 Å². The van der Waals surface area contributed by atoms with Crippen molar-refractivity contribution in [2.75, 3.05) is 14.2 Å². The molecule has 1 saturated carbocycles. The fraction of sp³-hybridized carbons (Fsp3) is 0.250. The molecule has 5 nitrogen and oxygen atoms in total. The van der Waals surface area contributed by atoms with E-state index < -0.39 is 0 Å². The van der Waals surface area contributed by atoms with Crippen molar-refractivity contribution in [3.63, 3.8) is 0 Å². The van der Waals surface area contributed by atoms with Crippen LogP contribution >= 0.6 is 0 Å². The Balaban J connectivity index is 1.78.